The first kappa shape index (κ1) is 15.5. The highest BCUT2D eigenvalue weighted by atomic mass is 32.2. The van der Waals surface area contributed by atoms with Gasteiger partial charge >= 0.3 is 5.97 Å². The van der Waals surface area contributed by atoms with Crippen LogP contribution in [-0.4, -0.2) is 28.4 Å². The number of carbonyl (C=O) groups is 1. The highest BCUT2D eigenvalue weighted by Crippen LogP contribution is 2.25. The number of thiophene rings is 1. The molecular formula is C13H21NO2S2. The van der Waals surface area contributed by atoms with Crippen molar-refractivity contribution in [2.75, 3.05) is 5.75 Å². The molecule has 1 heterocycles. The third-order valence-electron chi connectivity index (χ3n) is 2.64. The Balaban J connectivity index is 2.36. The first-order valence-electron chi connectivity index (χ1n) is 6.11. The molecule has 0 saturated carbocycles. The predicted molar refractivity (Wildman–Crippen MR) is 78.6 cm³/mol. The van der Waals surface area contributed by atoms with Crippen LogP contribution >= 0.6 is 23.1 Å². The van der Waals surface area contributed by atoms with E-state index in [0.29, 0.717) is 6.42 Å². The lowest BCUT2D eigenvalue weighted by molar-refractivity contribution is -0.144. The quantitative estimate of drug-likeness (QED) is 0.568. The molecule has 2 N–H and O–H groups in total. The van der Waals surface area contributed by atoms with Crippen molar-refractivity contribution in [3.05, 3.63) is 17.5 Å². The van der Waals surface area contributed by atoms with Gasteiger partial charge in [0.05, 0.1) is 4.21 Å². The van der Waals surface area contributed by atoms with Crippen molar-refractivity contribution in [3.63, 3.8) is 0 Å². The molecule has 5 heteroatoms. The first-order valence-corrected chi connectivity index (χ1v) is 7.98. The molecule has 0 spiro atoms. The van der Waals surface area contributed by atoms with Gasteiger partial charge in [-0.15, -0.1) is 23.1 Å². The lowest BCUT2D eigenvalue weighted by Gasteiger charge is -2.28. The van der Waals surface area contributed by atoms with Crippen LogP contribution in [0.5, 0.6) is 0 Å². The number of rotatable bonds is 8. The van der Waals surface area contributed by atoms with Crippen LogP contribution in [0.15, 0.2) is 21.7 Å². The van der Waals surface area contributed by atoms with Crippen molar-refractivity contribution in [2.24, 2.45) is 0 Å². The summed E-state index contributed by atoms with van der Waals surface area (Å²) in [7, 11) is 0. The monoisotopic (exact) mass is 287 g/mol. The maximum atomic E-state index is 11.3. The lowest BCUT2D eigenvalue weighted by atomic mass is 9.95. The molecular weight excluding hydrogens is 266 g/mol. The molecule has 0 bridgehead atoms. The highest BCUT2D eigenvalue weighted by molar-refractivity contribution is 8.01. The second kappa shape index (κ2) is 7.16. The Kier molecular flexibility index (Phi) is 6.18. The van der Waals surface area contributed by atoms with E-state index < -0.39 is 11.5 Å². The summed E-state index contributed by atoms with van der Waals surface area (Å²) in [5.74, 6) is 0.195. The SMILES string of the molecule is CC(C)NC(C)(CCCSc1cccs1)C(=O)O. The lowest BCUT2D eigenvalue weighted by Crippen LogP contribution is -2.52. The Morgan fingerprint density at radius 1 is 1.61 bits per heavy atom. The predicted octanol–water partition coefficient (Wildman–Crippen LogP) is 3.46. The Bertz CT molecular complexity index is 365. The van der Waals surface area contributed by atoms with E-state index in [2.05, 4.69) is 16.8 Å². The molecule has 0 amide bonds. The minimum atomic E-state index is -0.815. The van der Waals surface area contributed by atoms with Crippen molar-refractivity contribution in [3.8, 4) is 0 Å². The molecule has 0 saturated heterocycles. The van der Waals surface area contributed by atoms with Gasteiger partial charge in [-0.1, -0.05) is 6.07 Å². The van der Waals surface area contributed by atoms with Gasteiger partial charge in [-0.25, -0.2) is 0 Å². The highest BCUT2D eigenvalue weighted by Gasteiger charge is 2.32. The average Bonchev–Trinajstić information content (AvgIpc) is 2.76. The summed E-state index contributed by atoms with van der Waals surface area (Å²) in [6.07, 6.45) is 1.55. The molecule has 18 heavy (non-hydrogen) atoms. The van der Waals surface area contributed by atoms with Crippen molar-refractivity contribution < 1.29 is 9.90 Å². The maximum absolute atomic E-state index is 11.3. The van der Waals surface area contributed by atoms with Gasteiger partial charge < -0.3 is 5.11 Å². The Hall–Kier alpha value is -0.520. The van der Waals surface area contributed by atoms with Gasteiger partial charge in [-0.05, 0) is 50.8 Å². The van der Waals surface area contributed by atoms with Gasteiger partial charge in [0.25, 0.3) is 0 Å². The third kappa shape index (κ3) is 5.00. The zero-order chi connectivity index (χ0) is 13.6. The number of aliphatic carboxylic acids is 1. The topological polar surface area (TPSA) is 49.3 Å². The van der Waals surface area contributed by atoms with Crippen LogP contribution in [-0.2, 0) is 4.79 Å². The van der Waals surface area contributed by atoms with Gasteiger partial charge in [-0.3, -0.25) is 10.1 Å². The van der Waals surface area contributed by atoms with Crippen LogP contribution in [0, 0.1) is 0 Å². The van der Waals surface area contributed by atoms with Crippen molar-refractivity contribution in [2.45, 2.75) is 49.4 Å². The number of carboxylic acid groups (broad SMARTS) is 1. The van der Waals surface area contributed by atoms with Crippen molar-refractivity contribution >= 4 is 29.1 Å². The summed E-state index contributed by atoms with van der Waals surface area (Å²) in [6.45, 7) is 5.72. The number of carboxylic acids is 1. The molecule has 0 fully saturated rings. The molecule has 0 aliphatic heterocycles. The first-order chi connectivity index (χ1) is 8.44. The zero-order valence-electron chi connectivity index (χ0n) is 11.1. The van der Waals surface area contributed by atoms with Gasteiger partial charge in [0.15, 0.2) is 0 Å². The fourth-order valence-corrected chi connectivity index (χ4v) is 3.62. The van der Waals surface area contributed by atoms with Crippen LogP contribution in [0.2, 0.25) is 0 Å². The zero-order valence-corrected chi connectivity index (χ0v) is 12.7. The molecule has 0 radical (unpaired) electrons. The van der Waals surface area contributed by atoms with E-state index in [0.717, 1.165) is 12.2 Å². The van der Waals surface area contributed by atoms with E-state index in [9.17, 15) is 9.90 Å². The molecule has 1 aromatic rings. The van der Waals surface area contributed by atoms with Crippen LogP contribution < -0.4 is 5.32 Å². The minimum Gasteiger partial charge on any atom is -0.480 e. The van der Waals surface area contributed by atoms with Crippen molar-refractivity contribution in [1.82, 2.24) is 5.32 Å². The number of thioether (sulfide) groups is 1. The largest absolute Gasteiger partial charge is 0.480 e. The molecule has 1 unspecified atom stereocenters. The molecule has 1 aromatic heterocycles. The van der Waals surface area contributed by atoms with Gasteiger partial charge in [0.1, 0.15) is 5.54 Å². The molecule has 102 valence electrons. The van der Waals surface area contributed by atoms with Gasteiger partial charge in [-0.2, -0.15) is 0 Å². The van der Waals surface area contributed by atoms with E-state index in [1.807, 2.05) is 19.9 Å². The second-order valence-corrected chi connectivity index (χ2v) is 7.16. The molecule has 1 rings (SSSR count). The van der Waals surface area contributed by atoms with E-state index in [1.165, 1.54) is 4.21 Å². The number of nitrogens with one attached hydrogen (secondary N) is 1. The van der Waals surface area contributed by atoms with E-state index >= 15 is 0 Å². The maximum Gasteiger partial charge on any atom is 0.323 e. The minimum absolute atomic E-state index is 0.177. The average molecular weight is 287 g/mol. The number of hydrogen-bond acceptors (Lipinski definition) is 4. The fraction of sp³-hybridized carbons (Fsp3) is 0.615. The summed E-state index contributed by atoms with van der Waals surface area (Å²) in [6, 6.07) is 4.31. The Morgan fingerprint density at radius 3 is 2.83 bits per heavy atom. The van der Waals surface area contributed by atoms with Crippen LogP contribution in [0.3, 0.4) is 0 Å². The standard InChI is InChI=1S/C13H21NO2S2/c1-10(2)14-13(3,12(15)16)7-5-9-18-11-6-4-8-17-11/h4,6,8,10,14H,5,7,9H2,1-3H3,(H,15,16). The summed E-state index contributed by atoms with van der Waals surface area (Å²) in [5.41, 5.74) is -0.815. The molecule has 0 aliphatic rings. The van der Waals surface area contributed by atoms with E-state index in [4.69, 9.17) is 0 Å². The summed E-state index contributed by atoms with van der Waals surface area (Å²) in [5, 5.41) is 14.5. The van der Waals surface area contributed by atoms with Crippen LogP contribution in [0.4, 0.5) is 0 Å². The van der Waals surface area contributed by atoms with E-state index in [-0.39, 0.29) is 6.04 Å². The van der Waals surface area contributed by atoms with Gasteiger partial charge in [0.2, 0.25) is 0 Å². The van der Waals surface area contributed by atoms with Crippen LogP contribution in [0.1, 0.15) is 33.6 Å². The molecule has 3 nitrogen and oxygen atoms in total. The second-order valence-electron chi connectivity index (χ2n) is 4.82. The summed E-state index contributed by atoms with van der Waals surface area (Å²) < 4.78 is 1.30. The molecule has 0 aliphatic carbocycles. The van der Waals surface area contributed by atoms with Gasteiger partial charge in [0, 0.05) is 6.04 Å². The van der Waals surface area contributed by atoms with Crippen molar-refractivity contribution in [1.29, 1.82) is 0 Å². The molecule has 1 atom stereocenters. The normalized spacial score (nSPS) is 14.7. The Morgan fingerprint density at radius 2 is 2.33 bits per heavy atom. The third-order valence-corrected chi connectivity index (χ3v) is 4.86. The summed E-state index contributed by atoms with van der Waals surface area (Å²) in [4.78, 5) is 11.3. The summed E-state index contributed by atoms with van der Waals surface area (Å²) >= 11 is 3.53. The Labute approximate surface area is 117 Å². The van der Waals surface area contributed by atoms with E-state index in [1.54, 1.807) is 30.0 Å². The van der Waals surface area contributed by atoms with Crippen LogP contribution in [0.25, 0.3) is 0 Å². The fourth-order valence-electron chi connectivity index (χ4n) is 1.82. The number of hydrogen-bond donors (Lipinski definition) is 2. The molecule has 0 aromatic carbocycles. The smallest absolute Gasteiger partial charge is 0.323 e.